The third kappa shape index (κ3) is 3.44. The summed E-state index contributed by atoms with van der Waals surface area (Å²) in [4.78, 5) is 4.37. The number of para-hydroxylation sites is 1. The van der Waals surface area contributed by atoms with E-state index in [1.165, 1.54) is 11.3 Å². The molecule has 0 aliphatic carbocycles. The number of azo groups is 1. The van der Waals surface area contributed by atoms with Crippen LogP contribution < -0.4 is 5.43 Å². The number of hydrazone groups is 1. The van der Waals surface area contributed by atoms with Crippen molar-refractivity contribution in [3.63, 3.8) is 0 Å². The summed E-state index contributed by atoms with van der Waals surface area (Å²) in [6, 6.07) is 14.4. The van der Waals surface area contributed by atoms with Crippen molar-refractivity contribution >= 4 is 38.2 Å². The molecule has 0 radical (unpaired) electrons. The third-order valence-corrected chi connectivity index (χ3v) is 3.70. The van der Waals surface area contributed by atoms with Crippen LogP contribution >= 0.6 is 11.3 Å². The topological polar surface area (TPSA) is 82.2 Å². The second kappa shape index (κ2) is 6.31. The third-order valence-electron chi connectivity index (χ3n) is 2.78. The first-order valence-corrected chi connectivity index (χ1v) is 7.39. The quantitative estimate of drug-likeness (QED) is 0.245. The van der Waals surface area contributed by atoms with Crippen LogP contribution in [0.4, 0.5) is 10.8 Å². The van der Waals surface area contributed by atoms with Crippen LogP contribution in [0.3, 0.4) is 0 Å². The van der Waals surface area contributed by atoms with E-state index in [0.717, 1.165) is 15.9 Å². The molecule has 0 aliphatic heterocycles. The fraction of sp³-hybridized carbons (Fsp3) is 0.0667. The summed E-state index contributed by atoms with van der Waals surface area (Å²) in [6.45, 7) is 1.74. The molecule has 3 aromatic rings. The Hall–Kier alpha value is -2.80. The van der Waals surface area contributed by atoms with Gasteiger partial charge in [0.2, 0.25) is 5.13 Å². The molecule has 6 nitrogen and oxygen atoms in total. The van der Waals surface area contributed by atoms with Gasteiger partial charge in [0.25, 0.3) is 0 Å². The van der Waals surface area contributed by atoms with Crippen molar-refractivity contribution in [1.82, 2.24) is 4.98 Å². The summed E-state index contributed by atoms with van der Waals surface area (Å²) in [7, 11) is 0. The maximum atomic E-state index is 9.20. The summed E-state index contributed by atoms with van der Waals surface area (Å²) in [6.07, 6.45) is 0. The predicted molar refractivity (Wildman–Crippen MR) is 89.0 cm³/mol. The monoisotopic (exact) mass is 311 g/mol. The highest BCUT2D eigenvalue weighted by Gasteiger charge is 2.01. The van der Waals surface area contributed by atoms with Crippen LogP contribution in [0.2, 0.25) is 0 Å². The maximum absolute atomic E-state index is 9.20. The van der Waals surface area contributed by atoms with Crippen LogP contribution in [0.25, 0.3) is 10.2 Å². The van der Waals surface area contributed by atoms with Gasteiger partial charge in [0.1, 0.15) is 5.75 Å². The van der Waals surface area contributed by atoms with Crippen molar-refractivity contribution in [3.05, 3.63) is 48.5 Å². The lowest BCUT2D eigenvalue weighted by molar-refractivity contribution is 0.475. The number of hydrogen-bond donors (Lipinski definition) is 2. The molecule has 0 amide bonds. The van der Waals surface area contributed by atoms with Crippen molar-refractivity contribution in [2.24, 2.45) is 15.3 Å². The number of amidine groups is 1. The van der Waals surface area contributed by atoms with E-state index in [0.29, 0.717) is 11.0 Å². The predicted octanol–water partition coefficient (Wildman–Crippen LogP) is 4.53. The van der Waals surface area contributed by atoms with Crippen molar-refractivity contribution in [3.8, 4) is 5.75 Å². The van der Waals surface area contributed by atoms with Gasteiger partial charge in [-0.3, -0.25) is 5.43 Å². The SMILES string of the molecule is CC(N=Nc1nc2ccccc2s1)=NNc1ccc(O)cc1. The molecule has 3 rings (SSSR count). The second-order valence-corrected chi connectivity index (χ2v) is 5.49. The van der Waals surface area contributed by atoms with Crippen LogP contribution in [0.15, 0.2) is 63.9 Å². The smallest absolute Gasteiger partial charge is 0.231 e. The molecular weight excluding hydrogens is 298 g/mol. The summed E-state index contributed by atoms with van der Waals surface area (Å²) in [5, 5.41) is 22.0. The molecule has 0 saturated carbocycles. The van der Waals surface area contributed by atoms with Crippen molar-refractivity contribution in [2.45, 2.75) is 6.92 Å². The number of nitrogens with zero attached hydrogens (tertiary/aromatic N) is 4. The van der Waals surface area contributed by atoms with Crippen LogP contribution in [-0.2, 0) is 0 Å². The summed E-state index contributed by atoms with van der Waals surface area (Å²) in [5.74, 6) is 0.689. The Morgan fingerprint density at radius 1 is 1.14 bits per heavy atom. The molecule has 0 unspecified atom stereocenters. The van der Waals surface area contributed by atoms with Crippen LogP contribution in [0.5, 0.6) is 5.75 Å². The molecule has 0 atom stereocenters. The van der Waals surface area contributed by atoms with E-state index >= 15 is 0 Å². The lowest BCUT2D eigenvalue weighted by Crippen LogP contribution is -1.93. The number of phenolic OH excluding ortho intramolecular Hbond substituents is 1. The van der Waals surface area contributed by atoms with Crippen LogP contribution in [-0.4, -0.2) is 15.9 Å². The number of anilines is 1. The zero-order valence-corrected chi connectivity index (χ0v) is 12.6. The molecule has 0 bridgehead atoms. The second-order valence-electron chi connectivity index (χ2n) is 4.48. The van der Waals surface area contributed by atoms with E-state index in [1.807, 2.05) is 24.3 Å². The molecule has 0 spiro atoms. The number of fused-ring (bicyclic) bond motifs is 1. The summed E-state index contributed by atoms with van der Waals surface area (Å²) >= 11 is 1.48. The maximum Gasteiger partial charge on any atom is 0.231 e. The number of thiazole rings is 1. The van der Waals surface area contributed by atoms with Crippen LogP contribution in [0.1, 0.15) is 6.92 Å². The van der Waals surface area contributed by atoms with Crippen molar-refractivity contribution in [1.29, 1.82) is 0 Å². The van der Waals surface area contributed by atoms with Crippen LogP contribution in [0, 0.1) is 0 Å². The summed E-state index contributed by atoms with van der Waals surface area (Å²) < 4.78 is 1.08. The molecule has 110 valence electrons. The van der Waals surface area contributed by atoms with Gasteiger partial charge in [-0.15, -0.1) is 10.2 Å². The van der Waals surface area contributed by atoms with Gasteiger partial charge in [-0.1, -0.05) is 23.5 Å². The highest BCUT2D eigenvalue weighted by molar-refractivity contribution is 7.21. The number of benzene rings is 2. The van der Waals surface area contributed by atoms with E-state index in [4.69, 9.17) is 0 Å². The number of rotatable bonds is 3. The highest BCUT2D eigenvalue weighted by atomic mass is 32.1. The minimum Gasteiger partial charge on any atom is -0.508 e. The van der Waals surface area contributed by atoms with Gasteiger partial charge < -0.3 is 5.11 Å². The minimum absolute atomic E-state index is 0.210. The molecule has 0 saturated heterocycles. The largest absolute Gasteiger partial charge is 0.508 e. The Labute approximate surface area is 130 Å². The molecule has 0 fully saturated rings. The van der Waals surface area contributed by atoms with Gasteiger partial charge in [-0.05, 0) is 43.3 Å². The normalized spacial score (nSPS) is 12.1. The molecule has 2 aromatic carbocycles. The fourth-order valence-electron chi connectivity index (χ4n) is 1.72. The Kier molecular flexibility index (Phi) is 4.06. The van der Waals surface area contributed by atoms with Gasteiger partial charge in [0.15, 0.2) is 5.84 Å². The standard InChI is InChI=1S/C15H13N5OS/c1-10(17-19-11-6-8-12(21)9-7-11)18-20-15-16-13-4-2-3-5-14(13)22-15/h2-9,19,21H,1H3. The molecule has 7 heteroatoms. The van der Waals surface area contributed by atoms with E-state index in [9.17, 15) is 5.11 Å². The molecule has 1 aromatic heterocycles. The van der Waals surface area contributed by atoms with Gasteiger partial charge in [-0.25, -0.2) is 4.98 Å². The highest BCUT2D eigenvalue weighted by Crippen LogP contribution is 2.27. The Balaban J connectivity index is 1.68. The number of aromatic hydroxyl groups is 1. The zero-order chi connectivity index (χ0) is 15.4. The average molecular weight is 311 g/mol. The lowest BCUT2D eigenvalue weighted by Gasteiger charge is -1.99. The molecule has 2 N–H and O–H groups in total. The number of nitrogens with one attached hydrogen (secondary N) is 1. The van der Waals surface area contributed by atoms with Gasteiger partial charge >= 0.3 is 0 Å². The molecule has 1 heterocycles. The van der Waals surface area contributed by atoms with Gasteiger partial charge in [0, 0.05) is 0 Å². The van der Waals surface area contributed by atoms with E-state index < -0.39 is 0 Å². The molecule has 22 heavy (non-hydrogen) atoms. The average Bonchev–Trinajstić information content (AvgIpc) is 2.95. The molecular formula is C15H13N5OS. The first-order valence-electron chi connectivity index (χ1n) is 6.57. The van der Waals surface area contributed by atoms with Gasteiger partial charge in [0.05, 0.1) is 15.9 Å². The Morgan fingerprint density at radius 3 is 2.68 bits per heavy atom. The van der Waals surface area contributed by atoms with E-state index in [-0.39, 0.29) is 5.75 Å². The van der Waals surface area contributed by atoms with Gasteiger partial charge in [-0.2, -0.15) is 5.10 Å². The Bertz CT molecular complexity index is 806. The number of hydrogen-bond acceptors (Lipinski definition) is 6. The Morgan fingerprint density at radius 2 is 1.91 bits per heavy atom. The number of aromatic nitrogens is 1. The summed E-state index contributed by atoms with van der Waals surface area (Å²) in [5.41, 5.74) is 4.51. The zero-order valence-electron chi connectivity index (χ0n) is 11.8. The lowest BCUT2D eigenvalue weighted by atomic mass is 10.3. The van der Waals surface area contributed by atoms with Crippen molar-refractivity contribution in [2.75, 3.05) is 5.43 Å². The van der Waals surface area contributed by atoms with Crippen molar-refractivity contribution < 1.29 is 5.11 Å². The fourth-order valence-corrected chi connectivity index (χ4v) is 2.51. The minimum atomic E-state index is 0.210. The number of phenols is 1. The first kappa shape index (κ1) is 14.2. The molecule has 0 aliphatic rings. The van der Waals surface area contributed by atoms with E-state index in [1.54, 1.807) is 31.2 Å². The van der Waals surface area contributed by atoms with E-state index in [2.05, 4.69) is 25.7 Å². The first-order chi connectivity index (χ1) is 10.7.